The van der Waals surface area contributed by atoms with Crippen LogP contribution in [0.5, 0.6) is 0 Å². The Bertz CT molecular complexity index is 1470. The third-order valence-electron chi connectivity index (χ3n) is 7.96. The number of hydrogen-bond donors (Lipinski definition) is 1. The van der Waals surface area contributed by atoms with Gasteiger partial charge >= 0.3 is 19.2 Å². The normalized spacial score (nSPS) is 15.1. The molecule has 0 atom stereocenters. The molecular formula is C32H36BF3N3O4-. The average Bonchev–Trinajstić information content (AvgIpc) is 3.27. The van der Waals surface area contributed by atoms with Crippen LogP contribution in [0.15, 0.2) is 60.7 Å². The zero-order chi connectivity index (χ0) is 30.9. The van der Waals surface area contributed by atoms with Gasteiger partial charge in [0.25, 0.3) is 0 Å². The van der Waals surface area contributed by atoms with E-state index in [0.717, 1.165) is 28.3 Å². The first-order valence-corrected chi connectivity index (χ1v) is 14.5. The maximum absolute atomic E-state index is 14.1. The van der Waals surface area contributed by atoms with E-state index in [-0.39, 0.29) is 24.6 Å². The molecule has 7 nitrogen and oxygen atoms in total. The Morgan fingerprint density at radius 3 is 2.07 bits per heavy atom. The zero-order valence-electron chi connectivity index (χ0n) is 24.8. The monoisotopic (exact) mass is 594 g/mol. The molecule has 43 heavy (non-hydrogen) atoms. The molecule has 1 aliphatic carbocycles. The lowest BCUT2D eigenvalue weighted by Gasteiger charge is -2.37. The van der Waals surface area contributed by atoms with Crippen molar-refractivity contribution in [1.29, 1.82) is 0 Å². The second-order valence-electron chi connectivity index (χ2n) is 12.0. The van der Waals surface area contributed by atoms with Gasteiger partial charge in [-0.15, -0.1) is 5.46 Å². The van der Waals surface area contributed by atoms with E-state index in [0.29, 0.717) is 37.4 Å². The first-order chi connectivity index (χ1) is 20.3. The number of anilines is 1. The van der Waals surface area contributed by atoms with E-state index in [1.54, 1.807) is 31.7 Å². The molecule has 3 aromatic rings. The van der Waals surface area contributed by atoms with Crippen molar-refractivity contribution in [2.45, 2.75) is 45.8 Å². The number of nitrogens with one attached hydrogen (secondary N) is 1. The molecule has 1 N–H and O–H groups in total. The zero-order valence-corrected chi connectivity index (χ0v) is 24.8. The highest BCUT2D eigenvalue weighted by atomic mass is 19.4. The second kappa shape index (κ2) is 11.9. The predicted molar refractivity (Wildman–Crippen MR) is 162 cm³/mol. The second-order valence-corrected chi connectivity index (χ2v) is 12.0. The Morgan fingerprint density at radius 1 is 0.930 bits per heavy atom. The minimum atomic E-state index is -5.29. The Kier molecular flexibility index (Phi) is 8.36. The van der Waals surface area contributed by atoms with Crippen molar-refractivity contribution in [1.82, 2.24) is 10.2 Å². The average molecular weight is 594 g/mol. The van der Waals surface area contributed by atoms with Crippen molar-refractivity contribution < 1.29 is 32.0 Å². The predicted octanol–water partition coefficient (Wildman–Crippen LogP) is 6.15. The Labute approximate surface area is 250 Å². The minimum absolute atomic E-state index is 0.0718. The van der Waals surface area contributed by atoms with Gasteiger partial charge in [0, 0.05) is 44.3 Å². The number of piperazine rings is 1. The summed E-state index contributed by atoms with van der Waals surface area (Å²) in [7, 11) is 0. The van der Waals surface area contributed by atoms with Crippen molar-refractivity contribution in [3.05, 3.63) is 82.9 Å². The highest BCUT2D eigenvalue weighted by molar-refractivity contribution is 6.74. The summed E-state index contributed by atoms with van der Waals surface area (Å²) in [6, 6.07) is 18.8. The molecule has 2 amide bonds. The van der Waals surface area contributed by atoms with Crippen LogP contribution in [-0.2, 0) is 16.0 Å². The number of amides is 2. The summed E-state index contributed by atoms with van der Waals surface area (Å²) < 4.78 is 53.3. The van der Waals surface area contributed by atoms with Crippen LogP contribution in [0.1, 0.15) is 48.9 Å². The van der Waals surface area contributed by atoms with E-state index in [9.17, 15) is 22.5 Å². The summed E-state index contributed by atoms with van der Waals surface area (Å²) in [5.74, 6) is -0.123. The van der Waals surface area contributed by atoms with E-state index in [1.807, 2.05) is 53.4 Å². The molecule has 3 aromatic carbocycles. The molecule has 2 aliphatic rings. The number of nitrogens with zero attached hydrogens (tertiary/aromatic N) is 2. The number of ether oxygens (including phenoxy) is 2. The summed E-state index contributed by atoms with van der Waals surface area (Å²) >= 11 is 0. The van der Waals surface area contributed by atoms with Crippen LogP contribution in [0.4, 0.5) is 28.2 Å². The molecule has 0 unspecified atom stereocenters. The lowest BCUT2D eigenvalue weighted by molar-refractivity contribution is 0.0240. The number of halogens is 3. The fourth-order valence-corrected chi connectivity index (χ4v) is 5.78. The van der Waals surface area contributed by atoms with Crippen LogP contribution >= 0.6 is 0 Å². The quantitative estimate of drug-likeness (QED) is 0.347. The number of carbonyl (C=O) groups is 2. The lowest BCUT2D eigenvalue weighted by Crippen LogP contribution is -2.50. The number of alkyl carbamates (subject to hydrolysis) is 1. The van der Waals surface area contributed by atoms with Crippen molar-refractivity contribution in [2.75, 3.05) is 37.7 Å². The Hall–Kier alpha value is -4.15. The lowest BCUT2D eigenvalue weighted by atomic mass is 9.75. The van der Waals surface area contributed by atoms with Gasteiger partial charge in [0.05, 0.1) is 0 Å². The van der Waals surface area contributed by atoms with E-state index >= 15 is 0 Å². The van der Waals surface area contributed by atoms with Gasteiger partial charge < -0.3 is 37.5 Å². The maximum Gasteiger partial charge on any atom is 0.509 e. The number of fused-ring (bicyclic) bond motifs is 3. The summed E-state index contributed by atoms with van der Waals surface area (Å²) in [4.78, 5) is 28.6. The maximum atomic E-state index is 14.1. The molecule has 1 heterocycles. The summed E-state index contributed by atoms with van der Waals surface area (Å²) in [6.07, 6.45) is -1.14. The van der Waals surface area contributed by atoms with Gasteiger partial charge in [-0.25, -0.2) is 9.59 Å². The van der Waals surface area contributed by atoms with Gasteiger partial charge in [-0.3, -0.25) is 0 Å². The number of benzene rings is 3. The van der Waals surface area contributed by atoms with E-state index in [4.69, 9.17) is 9.47 Å². The van der Waals surface area contributed by atoms with Crippen molar-refractivity contribution in [2.24, 2.45) is 0 Å². The first-order valence-electron chi connectivity index (χ1n) is 14.5. The summed E-state index contributed by atoms with van der Waals surface area (Å²) in [6.45, 7) is 2.82. The van der Waals surface area contributed by atoms with Gasteiger partial charge in [0.1, 0.15) is 12.2 Å². The van der Waals surface area contributed by atoms with Gasteiger partial charge in [-0.2, -0.15) is 0 Å². The van der Waals surface area contributed by atoms with Gasteiger partial charge in [-0.1, -0.05) is 60.2 Å². The molecule has 5 rings (SSSR count). The molecular weight excluding hydrogens is 558 g/mol. The molecule has 0 saturated carbocycles. The molecule has 0 spiro atoms. The molecule has 228 valence electrons. The molecule has 1 fully saturated rings. The van der Waals surface area contributed by atoms with Crippen molar-refractivity contribution in [3.8, 4) is 11.1 Å². The van der Waals surface area contributed by atoms with Crippen molar-refractivity contribution in [3.63, 3.8) is 0 Å². The Balaban J connectivity index is 1.25. The molecule has 1 saturated heterocycles. The standard InChI is InChI=1S/C32H36BF3N3O4/c1-21-22(19-37-30(40)42-20-28-26-11-7-5-9-24(26)25-10-6-8-12-27(25)28)17-23(18-29(21)33(34,35)36)38-13-15-39(16-14-38)31(41)43-32(2,3)4/h5-12,17-18,28H,13-16,19-20H2,1-4H3,(H,37,40)/q-1. The third kappa shape index (κ3) is 6.76. The van der Waals surface area contributed by atoms with Crippen LogP contribution in [0.25, 0.3) is 11.1 Å². The van der Waals surface area contributed by atoms with E-state index in [1.165, 1.54) is 6.92 Å². The number of rotatable bonds is 6. The molecule has 1 aliphatic heterocycles. The number of hydrogen-bond acceptors (Lipinski definition) is 5. The topological polar surface area (TPSA) is 71.1 Å². The Morgan fingerprint density at radius 2 is 1.51 bits per heavy atom. The van der Waals surface area contributed by atoms with Gasteiger partial charge in [0.15, 0.2) is 0 Å². The number of carbonyl (C=O) groups excluding carboxylic acids is 2. The summed E-state index contributed by atoms with van der Waals surface area (Å²) in [5.41, 5.74) is 3.85. The summed E-state index contributed by atoms with van der Waals surface area (Å²) in [5, 5.41) is 2.65. The molecule has 0 bridgehead atoms. The smallest absolute Gasteiger partial charge is 0.449 e. The van der Waals surface area contributed by atoms with Gasteiger partial charge in [0.2, 0.25) is 0 Å². The highest BCUT2D eigenvalue weighted by Crippen LogP contribution is 2.44. The molecule has 11 heteroatoms. The van der Waals surface area contributed by atoms with Crippen LogP contribution in [0.2, 0.25) is 0 Å². The van der Waals surface area contributed by atoms with Crippen LogP contribution in [-0.4, -0.2) is 62.5 Å². The fraction of sp³-hybridized carbons (Fsp3) is 0.375. The van der Waals surface area contributed by atoms with Crippen LogP contribution < -0.4 is 15.7 Å². The largest absolute Gasteiger partial charge is 0.509 e. The SMILES string of the molecule is Cc1c(CNC(=O)OCC2c3ccccc3-c3ccccc32)cc(N2CCN(C(=O)OC(C)(C)C)CC2)cc1[B-](F)(F)F. The minimum Gasteiger partial charge on any atom is -0.449 e. The molecule has 0 aromatic heterocycles. The van der Waals surface area contributed by atoms with Gasteiger partial charge in [-0.05, 0) is 61.6 Å². The first kappa shape index (κ1) is 30.3. The fourth-order valence-electron chi connectivity index (χ4n) is 5.78. The van der Waals surface area contributed by atoms with Crippen LogP contribution in [0.3, 0.4) is 0 Å². The van der Waals surface area contributed by atoms with Crippen LogP contribution in [0, 0.1) is 6.92 Å². The van der Waals surface area contributed by atoms with Crippen molar-refractivity contribution >= 4 is 30.3 Å². The third-order valence-corrected chi connectivity index (χ3v) is 7.96. The van der Waals surface area contributed by atoms with E-state index < -0.39 is 30.2 Å². The van der Waals surface area contributed by atoms with E-state index in [2.05, 4.69) is 5.32 Å². The molecule has 0 radical (unpaired) electrons. The highest BCUT2D eigenvalue weighted by Gasteiger charge is 2.32.